The van der Waals surface area contributed by atoms with Gasteiger partial charge in [-0.1, -0.05) is 73.2 Å². The Morgan fingerprint density at radius 2 is 1.51 bits per heavy atom. The van der Waals surface area contributed by atoms with E-state index in [1.807, 2.05) is 81.4 Å². The van der Waals surface area contributed by atoms with Crippen LogP contribution in [0.5, 0.6) is 0 Å². The van der Waals surface area contributed by atoms with E-state index in [-0.39, 0.29) is 24.1 Å². The van der Waals surface area contributed by atoms with Gasteiger partial charge in [-0.2, -0.15) is 0 Å². The number of rotatable bonds is 8. The molecule has 1 heterocycles. The zero-order valence-corrected chi connectivity index (χ0v) is 20.2. The molecular formula is C29H29N3O3. The molecule has 4 aromatic rings. The van der Waals surface area contributed by atoms with Crippen LogP contribution in [-0.4, -0.2) is 39.0 Å². The summed E-state index contributed by atoms with van der Waals surface area (Å²) in [5.41, 5.74) is 2.97. The van der Waals surface area contributed by atoms with Crippen LogP contribution in [-0.2, 0) is 0 Å². The molecule has 0 spiro atoms. The summed E-state index contributed by atoms with van der Waals surface area (Å²) in [5, 5.41) is 3.13. The fraction of sp³-hybridized carbons (Fsp3) is 0.207. The topological polar surface area (TPSA) is 75.2 Å². The molecule has 1 atom stereocenters. The summed E-state index contributed by atoms with van der Waals surface area (Å²) in [4.78, 5) is 42.1. The number of Topliss-reactive ketones (excluding diaryl/α,β-unsaturated/α-hetero) is 1. The van der Waals surface area contributed by atoms with Crippen LogP contribution in [0.1, 0.15) is 46.5 Å². The zero-order chi connectivity index (χ0) is 24.9. The molecule has 1 amide bonds. The third-order valence-corrected chi connectivity index (χ3v) is 6.24. The summed E-state index contributed by atoms with van der Waals surface area (Å²) in [5.74, 6) is -0.631. The molecule has 1 aromatic heterocycles. The Hall–Kier alpha value is -4.19. The van der Waals surface area contributed by atoms with Crippen molar-refractivity contribution in [2.45, 2.75) is 33.2 Å². The van der Waals surface area contributed by atoms with Crippen LogP contribution < -0.4 is 5.56 Å². The number of ketones is 1. The number of aromatic amines is 1. The third kappa shape index (κ3) is 5.01. The Morgan fingerprint density at radius 1 is 0.914 bits per heavy atom. The van der Waals surface area contributed by atoms with Gasteiger partial charge in [0.25, 0.3) is 11.5 Å². The number of aromatic nitrogens is 2. The van der Waals surface area contributed by atoms with Crippen molar-refractivity contribution >= 4 is 11.7 Å². The molecule has 0 aliphatic heterocycles. The molecule has 1 N–H and O–H groups in total. The van der Waals surface area contributed by atoms with Crippen LogP contribution in [0.3, 0.4) is 0 Å². The average Bonchev–Trinajstić information content (AvgIpc) is 3.25. The second-order valence-corrected chi connectivity index (χ2v) is 8.68. The van der Waals surface area contributed by atoms with Gasteiger partial charge in [0.1, 0.15) is 5.56 Å². The van der Waals surface area contributed by atoms with E-state index in [0.717, 1.165) is 11.1 Å². The molecule has 0 saturated heterocycles. The Kier molecular flexibility index (Phi) is 7.11. The lowest BCUT2D eigenvalue weighted by Gasteiger charge is -2.28. The first-order valence-electron chi connectivity index (χ1n) is 11.8. The molecule has 0 aliphatic carbocycles. The normalized spacial score (nSPS) is 11.7. The highest BCUT2D eigenvalue weighted by Gasteiger charge is 2.28. The third-order valence-electron chi connectivity index (χ3n) is 6.24. The minimum atomic E-state index is -0.438. The van der Waals surface area contributed by atoms with Gasteiger partial charge in [-0.05, 0) is 44.5 Å². The number of aryl methyl sites for hydroxylation is 1. The maximum absolute atomic E-state index is 13.7. The van der Waals surface area contributed by atoms with E-state index < -0.39 is 11.3 Å². The van der Waals surface area contributed by atoms with Crippen molar-refractivity contribution < 1.29 is 9.59 Å². The summed E-state index contributed by atoms with van der Waals surface area (Å²) in [6, 6.07) is 25.5. The lowest BCUT2D eigenvalue weighted by atomic mass is 10.0. The second-order valence-electron chi connectivity index (χ2n) is 8.68. The van der Waals surface area contributed by atoms with Crippen molar-refractivity contribution in [1.29, 1.82) is 0 Å². The molecule has 0 aliphatic rings. The van der Waals surface area contributed by atoms with Crippen molar-refractivity contribution in [2.24, 2.45) is 0 Å². The molecule has 3 aromatic carbocycles. The molecule has 0 fully saturated rings. The fourth-order valence-electron chi connectivity index (χ4n) is 4.01. The molecule has 0 bridgehead atoms. The number of H-pyrrole nitrogens is 1. The minimum absolute atomic E-state index is 0.0464. The van der Waals surface area contributed by atoms with Gasteiger partial charge >= 0.3 is 0 Å². The molecule has 178 valence electrons. The first kappa shape index (κ1) is 24.0. The fourth-order valence-corrected chi connectivity index (χ4v) is 4.01. The van der Waals surface area contributed by atoms with Gasteiger partial charge in [-0.25, -0.2) is 4.68 Å². The molecule has 0 radical (unpaired) electrons. The van der Waals surface area contributed by atoms with E-state index in [1.54, 1.807) is 29.2 Å². The van der Waals surface area contributed by atoms with Crippen LogP contribution in [0.4, 0.5) is 0 Å². The number of benzene rings is 3. The molecule has 6 heteroatoms. The van der Waals surface area contributed by atoms with Gasteiger partial charge in [0, 0.05) is 17.2 Å². The molecular weight excluding hydrogens is 438 g/mol. The van der Waals surface area contributed by atoms with E-state index in [1.165, 1.54) is 4.68 Å². The first-order chi connectivity index (χ1) is 16.9. The second kappa shape index (κ2) is 10.4. The van der Waals surface area contributed by atoms with E-state index in [0.29, 0.717) is 23.4 Å². The molecule has 6 nitrogen and oxygen atoms in total. The SMILES string of the molecule is CCC(C)N(CC(=O)c1c(-c2ccccc2)[nH]n(-c2ccccc2)c1=O)C(=O)c1ccc(C)cc1. The van der Waals surface area contributed by atoms with Gasteiger partial charge in [0.15, 0.2) is 5.78 Å². The van der Waals surface area contributed by atoms with Crippen LogP contribution in [0.25, 0.3) is 16.9 Å². The summed E-state index contributed by atoms with van der Waals surface area (Å²) in [7, 11) is 0. The average molecular weight is 468 g/mol. The van der Waals surface area contributed by atoms with Crippen LogP contribution in [0, 0.1) is 6.92 Å². The monoisotopic (exact) mass is 467 g/mol. The number of nitrogens with zero attached hydrogens (tertiary/aromatic N) is 2. The Bertz CT molecular complexity index is 1370. The smallest absolute Gasteiger partial charge is 0.282 e. The summed E-state index contributed by atoms with van der Waals surface area (Å²) in [6.45, 7) is 5.65. The van der Waals surface area contributed by atoms with Crippen molar-refractivity contribution in [3.8, 4) is 16.9 Å². The first-order valence-corrected chi connectivity index (χ1v) is 11.8. The van der Waals surface area contributed by atoms with Gasteiger partial charge in [0.2, 0.25) is 0 Å². The lowest BCUT2D eigenvalue weighted by Crippen LogP contribution is -2.42. The largest absolute Gasteiger partial charge is 0.328 e. The van der Waals surface area contributed by atoms with Crippen molar-refractivity contribution in [3.63, 3.8) is 0 Å². The van der Waals surface area contributed by atoms with Crippen LogP contribution in [0.2, 0.25) is 0 Å². The predicted octanol–water partition coefficient (Wildman–Crippen LogP) is 5.26. The molecule has 1 unspecified atom stereocenters. The van der Waals surface area contributed by atoms with Gasteiger partial charge in [-0.3, -0.25) is 19.5 Å². The van der Waals surface area contributed by atoms with E-state index in [9.17, 15) is 14.4 Å². The molecule has 0 saturated carbocycles. The number of para-hydroxylation sites is 1. The highest BCUT2D eigenvalue weighted by Crippen LogP contribution is 2.22. The summed E-state index contributed by atoms with van der Waals surface area (Å²) < 4.78 is 1.38. The maximum atomic E-state index is 13.7. The van der Waals surface area contributed by atoms with Gasteiger partial charge < -0.3 is 4.90 Å². The Morgan fingerprint density at radius 3 is 2.11 bits per heavy atom. The van der Waals surface area contributed by atoms with Crippen LogP contribution in [0.15, 0.2) is 89.7 Å². The summed E-state index contributed by atoms with van der Waals surface area (Å²) >= 11 is 0. The zero-order valence-electron chi connectivity index (χ0n) is 20.2. The number of carbonyl (C=O) groups is 2. The van der Waals surface area contributed by atoms with E-state index in [4.69, 9.17) is 0 Å². The highest BCUT2D eigenvalue weighted by molar-refractivity contribution is 6.05. The quantitative estimate of drug-likeness (QED) is 0.359. The number of amides is 1. The van der Waals surface area contributed by atoms with Gasteiger partial charge in [0.05, 0.1) is 17.9 Å². The number of hydrogen-bond donors (Lipinski definition) is 1. The van der Waals surface area contributed by atoms with Crippen LogP contribution >= 0.6 is 0 Å². The van der Waals surface area contributed by atoms with Crippen molar-refractivity contribution in [2.75, 3.05) is 6.54 Å². The number of carbonyl (C=O) groups excluding carboxylic acids is 2. The Labute approximate surface area is 204 Å². The van der Waals surface area contributed by atoms with Crippen molar-refractivity contribution in [3.05, 3.63) is 112 Å². The number of nitrogens with one attached hydrogen (secondary N) is 1. The Balaban J connectivity index is 1.76. The van der Waals surface area contributed by atoms with E-state index >= 15 is 0 Å². The van der Waals surface area contributed by atoms with E-state index in [2.05, 4.69) is 5.10 Å². The minimum Gasteiger partial charge on any atom is -0.328 e. The van der Waals surface area contributed by atoms with Crippen molar-refractivity contribution in [1.82, 2.24) is 14.7 Å². The number of hydrogen-bond acceptors (Lipinski definition) is 3. The molecule has 4 rings (SSSR count). The summed E-state index contributed by atoms with van der Waals surface area (Å²) in [6.07, 6.45) is 0.678. The maximum Gasteiger partial charge on any atom is 0.282 e. The predicted molar refractivity (Wildman–Crippen MR) is 138 cm³/mol. The van der Waals surface area contributed by atoms with Gasteiger partial charge in [-0.15, -0.1) is 0 Å². The highest BCUT2D eigenvalue weighted by atomic mass is 16.2. The molecule has 35 heavy (non-hydrogen) atoms. The lowest BCUT2D eigenvalue weighted by molar-refractivity contribution is 0.0645. The standard InChI is InChI=1S/C29H29N3O3/c1-4-21(3)31(28(34)23-17-15-20(2)16-18-23)19-25(33)26-27(22-11-7-5-8-12-22)30-32(29(26)35)24-13-9-6-10-14-24/h5-18,21,30H,4,19H2,1-3H3.